The topological polar surface area (TPSA) is 127 Å². The van der Waals surface area contributed by atoms with E-state index in [0.29, 0.717) is 19.8 Å². The van der Waals surface area contributed by atoms with Crippen molar-refractivity contribution in [1.82, 2.24) is 5.32 Å². The Hall–Kier alpha value is -2.09. The molecule has 0 radical (unpaired) electrons. The Morgan fingerprint density at radius 1 is 1.32 bits per heavy atom. The summed E-state index contributed by atoms with van der Waals surface area (Å²) in [5.41, 5.74) is 8.36. The average molecular weight is 353 g/mol. The molecule has 0 aromatic rings. The monoisotopic (exact) mass is 353 g/mol. The summed E-state index contributed by atoms with van der Waals surface area (Å²) >= 11 is 0. The Labute approximate surface area is 145 Å². The lowest BCUT2D eigenvalue weighted by Gasteiger charge is -2.22. The number of Topliss-reactive ketones (excluding diaryl/α,β-unsaturated/α-hetero) is 1. The smallest absolute Gasteiger partial charge is 0.328 e. The zero-order chi connectivity index (χ0) is 18.4. The molecule has 0 spiro atoms. The first kappa shape index (κ1) is 19.2. The van der Waals surface area contributed by atoms with Crippen LogP contribution < -0.4 is 5.32 Å². The number of fused-ring (bicyclic) bond motifs is 1. The normalized spacial score (nSPS) is 25.8. The minimum Gasteiger partial charge on any atom is -0.461 e. The number of esters is 1. The third-order valence-electron chi connectivity index (χ3n) is 4.22. The maximum Gasteiger partial charge on any atom is 0.328 e. The van der Waals surface area contributed by atoms with E-state index in [4.69, 9.17) is 19.7 Å². The van der Waals surface area contributed by atoms with Crippen LogP contribution in [0.15, 0.2) is 0 Å². The third kappa shape index (κ3) is 5.19. The van der Waals surface area contributed by atoms with Gasteiger partial charge >= 0.3 is 12.2 Å². The lowest BCUT2D eigenvalue weighted by atomic mass is 9.94. The summed E-state index contributed by atoms with van der Waals surface area (Å²) in [6.45, 7) is 4.87. The number of ketones is 1. The van der Waals surface area contributed by atoms with Crippen LogP contribution in [-0.2, 0) is 28.6 Å². The van der Waals surface area contributed by atoms with Crippen molar-refractivity contribution in [2.24, 2.45) is 11.8 Å². The molecule has 2 saturated heterocycles. The molecule has 1 N–H and O–H groups in total. The molecule has 25 heavy (non-hydrogen) atoms. The molecule has 2 aliphatic heterocycles. The second kappa shape index (κ2) is 8.84. The Kier molecular flexibility index (Phi) is 6.81. The predicted octanol–water partition coefficient (Wildman–Crippen LogP) is -0.266. The van der Waals surface area contributed by atoms with Crippen LogP contribution in [0.1, 0.15) is 26.7 Å². The summed E-state index contributed by atoms with van der Waals surface area (Å²) in [5, 5.41) is 2.62. The number of carbonyl (C=O) groups excluding carboxylic acids is 3. The second-order valence-corrected chi connectivity index (χ2v) is 6.51. The second-order valence-electron chi connectivity index (χ2n) is 6.51. The fourth-order valence-corrected chi connectivity index (χ4v) is 2.98. The number of ether oxygens (including phenoxy) is 3. The number of carbonyl (C=O) groups is 3. The Morgan fingerprint density at radius 3 is 2.76 bits per heavy atom. The molecule has 2 aliphatic rings. The fourth-order valence-electron chi connectivity index (χ4n) is 2.98. The van der Waals surface area contributed by atoms with E-state index in [9.17, 15) is 14.4 Å². The zero-order valence-corrected chi connectivity index (χ0v) is 14.3. The highest BCUT2D eigenvalue weighted by atomic mass is 16.5. The number of amides is 1. The molecule has 2 rings (SSSR count). The molecule has 0 aliphatic carbocycles. The van der Waals surface area contributed by atoms with Crippen molar-refractivity contribution in [3.8, 4) is 0 Å². The summed E-state index contributed by atoms with van der Waals surface area (Å²) in [6, 6.07) is -0.976. The first-order valence-corrected chi connectivity index (χ1v) is 8.32. The van der Waals surface area contributed by atoms with Gasteiger partial charge in [0.25, 0.3) is 0 Å². The van der Waals surface area contributed by atoms with Crippen LogP contribution >= 0.6 is 0 Å². The minimum atomic E-state index is -0.976. The van der Waals surface area contributed by atoms with E-state index in [0.717, 1.165) is 6.21 Å². The molecular formula is C16H23N3O6. The Morgan fingerprint density at radius 2 is 2.08 bits per heavy atom. The van der Waals surface area contributed by atoms with Crippen molar-refractivity contribution in [3.63, 3.8) is 0 Å². The van der Waals surface area contributed by atoms with Crippen LogP contribution in [0.2, 0.25) is 0 Å². The SMILES string of the molecule is CC(C)OC(=O)[C@H](CCC(=O)C=[N+]=[N-])NC(=O)[C@H]1OCC2COCC21. The molecule has 2 heterocycles. The van der Waals surface area contributed by atoms with Gasteiger partial charge in [-0.15, -0.1) is 0 Å². The van der Waals surface area contributed by atoms with Crippen molar-refractivity contribution < 1.29 is 33.4 Å². The molecular weight excluding hydrogens is 330 g/mol. The molecule has 0 bridgehead atoms. The van der Waals surface area contributed by atoms with Crippen molar-refractivity contribution in [2.45, 2.75) is 44.9 Å². The van der Waals surface area contributed by atoms with Gasteiger partial charge in [0, 0.05) is 18.3 Å². The maximum atomic E-state index is 12.5. The number of nitrogens with one attached hydrogen (secondary N) is 1. The first-order chi connectivity index (χ1) is 11.9. The van der Waals surface area contributed by atoms with Crippen LogP contribution in [0, 0.1) is 11.8 Å². The molecule has 2 unspecified atom stereocenters. The summed E-state index contributed by atoms with van der Waals surface area (Å²) in [6.07, 6.45) is -0.288. The highest BCUT2D eigenvalue weighted by Crippen LogP contribution is 2.32. The van der Waals surface area contributed by atoms with E-state index in [1.165, 1.54) is 0 Å². The van der Waals surface area contributed by atoms with Gasteiger partial charge in [-0.05, 0) is 20.3 Å². The Balaban J connectivity index is 1.98. The molecule has 0 aromatic carbocycles. The zero-order valence-electron chi connectivity index (χ0n) is 14.3. The highest BCUT2D eigenvalue weighted by molar-refractivity contribution is 6.25. The minimum absolute atomic E-state index is 0.0232. The number of nitrogens with zero attached hydrogens (tertiary/aromatic N) is 2. The van der Waals surface area contributed by atoms with Crippen molar-refractivity contribution >= 4 is 23.9 Å². The van der Waals surface area contributed by atoms with E-state index in [2.05, 4.69) is 10.1 Å². The summed E-state index contributed by atoms with van der Waals surface area (Å²) in [5.74, 6) is -1.31. The number of rotatable bonds is 8. The molecule has 0 saturated carbocycles. The van der Waals surface area contributed by atoms with Crippen LogP contribution in [-0.4, -0.2) is 66.7 Å². The van der Waals surface area contributed by atoms with Crippen molar-refractivity contribution in [3.05, 3.63) is 5.53 Å². The van der Waals surface area contributed by atoms with Crippen molar-refractivity contribution in [1.29, 1.82) is 0 Å². The Bertz CT molecular complexity index is 572. The van der Waals surface area contributed by atoms with E-state index in [1.807, 2.05) is 0 Å². The van der Waals surface area contributed by atoms with Gasteiger partial charge < -0.3 is 25.1 Å². The summed E-state index contributed by atoms with van der Waals surface area (Å²) in [7, 11) is 0. The maximum absolute atomic E-state index is 12.5. The fraction of sp³-hybridized carbons (Fsp3) is 0.750. The van der Waals surface area contributed by atoms with Crippen LogP contribution in [0.25, 0.3) is 5.53 Å². The lowest BCUT2D eigenvalue weighted by molar-refractivity contribution is -0.153. The van der Waals surface area contributed by atoms with E-state index in [-0.39, 0.29) is 30.8 Å². The largest absolute Gasteiger partial charge is 0.461 e. The van der Waals surface area contributed by atoms with Gasteiger partial charge in [-0.1, -0.05) is 0 Å². The van der Waals surface area contributed by atoms with Crippen LogP contribution in [0.4, 0.5) is 0 Å². The van der Waals surface area contributed by atoms with Crippen molar-refractivity contribution in [2.75, 3.05) is 19.8 Å². The van der Waals surface area contributed by atoms with Gasteiger partial charge in [-0.3, -0.25) is 9.59 Å². The molecule has 2 fully saturated rings. The molecule has 9 heteroatoms. The van der Waals surface area contributed by atoms with Gasteiger partial charge in [-0.25, -0.2) is 4.79 Å². The molecule has 1 amide bonds. The van der Waals surface area contributed by atoms with Gasteiger partial charge in [-0.2, -0.15) is 4.79 Å². The standard InChI is InChI=1S/C16H23N3O6/c1-9(2)25-16(22)13(4-3-11(20)5-18-17)19-15(21)14-12-8-23-6-10(12)7-24-14/h5,9-10,12-14H,3-4,6-8H2,1-2H3,(H,19,21)/t10?,12?,13-,14-/m0/s1. The third-order valence-corrected chi connectivity index (χ3v) is 4.22. The van der Waals surface area contributed by atoms with E-state index < -0.39 is 29.8 Å². The quantitative estimate of drug-likeness (QED) is 0.277. The van der Waals surface area contributed by atoms with Crippen LogP contribution in [0.3, 0.4) is 0 Å². The summed E-state index contributed by atoms with van der Waals surface area (Å²) < 4.78 is 16.1. The molecule has 0 aromatic heterocycles. The number of hydrogen-bond donors (Lipinski definition) is 1. The predicted molar refractivity (Wildman–Crippen MR) is 84.6 cm³/mol. The van der Waals surface area contributed by atoms with Gasteiger partial charge in [0.05, 0.1) is 25.9 Å². The molecule has 9 nitrogen and oxygen atoms in total. The molecule has 138 valence electrons. The summed E-state index contributed by atoms with van der Waals surface area (Å²) in [4.78, 5) is 38.8. The first-order valence-electron chi connectivity index (χ1n) is 8.32. The number of hydrogen-bond acceptors (Lipinski definition) is 6. The van der Waals surface area contributed by atoms with Gasteiger partial charge in [0.15, 0.2) is 0 Å². The lowest BCUT2D eigenvalue weighted by Crippen LogP contribution is -2.48. The molecule has 4 atom stereocenters. The van der Waals surface area contributed by atoms with E-state index >= 15 is 0 Å². The average Bonchev–Trinajstić information content (AvgIpc) is 3.13. The van der Waals surface area contributed by atoms with Gasteiger partial charge in [0.2, 0.25) is 11.7 Å². The van der Waals surface area contributed by atoms with Gasteiger partial charge in [0.1, 0.15) is 12.1 Å². The van der Waals surface area contributed by atoms with Crippen LogP contribution in [0.5, 0.6) is 0 Å². The highest BCUT2D eigenvalue weighted by Gasteiger charge is 2.45. The van der Waals surface area contributed by atoms with E-state index in [1.54, 1.807) is 13.8 Å².